The lowest BCUT2D eigenvalue weighted by Gasteiger charge is -2.47. The summed E-state index contributed by atoms with van der Waals surface area (Å²) in [6, 6.07) is 7.31. The van der Waals surface area contributed by atoms with Crippen LogP contribution in [0.25, 0.3) is 22.6 Å². The van der Waals surface area contributed by atoms with Gasteiger partial charge in [-0.3, -0.25) is 24.2 Å². The zero-order valence-electron chi connectivity index (χ0n) is 58.9. The summed E-state index contributed by atoms with van der Waals surface area (Å²) in [7, 11) is 16.5. The van der Waals surface area contributed by atoms with E-state index in [1.54, 1.807) is 21.0 Å². The fraction of sp³-hybridized carbons (Fsp3) is 0.433. The zero-order chi connectivity index (χ0) is 77.0. The molecule has 15 rings (SSSR count). The van der Waals surface area contributed by atoms with E-state index < -0.39 is 95.9 Å². The highest BCUT2D eigenvalue weighted by Crippen LogP contribution is 2.57. The number of aliphatic hydroxyl groups is 2. The van der Waals surface area contributed by atoms with E-state index in [0.29, 0.717) is 69.4 Å². The number of imidazole rings is 4. The molecule has 5 aliphatic rings. The third kappa shape index (κ3) is 14.5. The van der Waals surface area contributed by atoms with Crippen molar-refractivity contribution in [2.45, 2.75) is 62.5 Å². The number of oxime groups is 1. The van der Waals surface area contributed by atoms with Crippen LogP contribution in [0.5, 0.6) is 28.7 Å². The van der Waals surface area contributed by atoms with E-state index in [9.17, 15) is 48.6 Å². The molecule has 8 N–H and O–H groups in total. The number of benzene rings is 2. The number of methoxy groups -OCH3 is 3. The van der Waals surface area contributed by atoms with Crippen LogP contribution in [0.3, 0.4) is 0 Å². The summed E-state index contributed by atoms with van der Waals surface area (Å²) in [4.78, 5) is 118. The second kappa shape index (κ2) is 31.7. The van der Waals surface area contributed by atoms with Gasteiger partial charge in [-0.2, -0.15) is 18.7 Å². The molecule has 10 aromatic rings. The van der Waals surface area contributed by atoms with Crippen LogP contribution in [-0.4, -0.2) is 250 Å². The van der Waals surface area contributed by atoms with Crippen molar-refractivity contribution in [3.05, 3.63) is 130 Å². The average molecular weight is 1490 g/mol. The number of rotatable bonds is 14. The quantitative estimate of drug-likeness (QED) is 0.0336. The maximum absolute atomic E-state index is 13.5. The first-order chi connectivity index (χ1) is 51.3. The number of cyclic esters (lactones) is 1. The molecule has 12 heterocycles. The van der Waals surface area contributed by atoms with Crippen LogP contribution >= 0.6 is 0 Å². The number of aryl methyl sites for hydroxylation is 4. The lowest BCUT2D eigenvalue weighted by Crippen LogP contribution is -2.63. The minimum absolute atomic E-state index is 0.0473. The highest BCUT2D eigenvalue weighted by atomic mass is 16.8. The number of primary amides is 2. The van der Waals surface area contributed by atoms with Crippen molar-refractivity contribution < 1.29 is 81.6 Å². The molecule has 47 nitrogen and oxygen atoms in total. The van der Waals surface area contributed by atoms with Gasteiger partial charge in [0.2, 0.25) is 18.4 Å². The number of fused-ring (bicyclic) bond motifs is 8. The van der Waals surface area contributed by atoms with Crippen LogP contribution in [0.4, 0.5) is 0 Å². The molecule has 7 unspecified atom stereocenters. The van der Waals surface area contributed by atoms with Crippen molar-refractivity contribution in [3.63, 3.8) is 0 Å². The Kier molecular flexibility index (Phi) is 22.4. The maximum Gasteiger partial charge on any atom is 0.353 e. The molecule has 0 saturated carbocycles. The number of amides is 3. The SMILES string of the molecule is CN=Cc1ncn2c(=O)n(C)nnc12.CNC(=O)c1nc(C(N)=O)c2nnn(C)c(=O)n12.CNCc1nc(C(N)=O)c2nnn(C)c(=O)n12.CO/N=C\c1ncn2c(=O)n(C)nnc12.COc1cc(C2c3cc4c(cc3[C@@H](OC3OC5COC(C)OC5C(O)C3O)[C@H]3COC(=O)[C@H]23)OCO4)cc(OC)c1OC. The molecule has 3 amide bonds. The Morgan fingerprint density at radius 2 is 1.21 bits per heavy atom. The molecule has 0 bridgehead atoms. The Balaban J connectivity index is 0.000000148. The first kappa shape index (κ1) is 75.5. The summed E-state index contributed by atoms with van der Waals surface area (Å²) in [6.07, 6.45) is -1.04. The number of hydrogen-bond acceptors (Lipinski definition) is 36. The summed E-state index contributed by atoms with van der Waals surface area (Å²) in [5.74, 6) is -1.89. The number of carbonyl (C=O) groups excluding carboxylic acids is 4. The number of nitrogens with one attached hydrogen (secondary N) is 2. The molecule has 0 radical (unpaired) electrons. The number of nitrogens with zero attached hydrogens (tertiary/aromatic N) is 22. The number of aromatic nitrogens is 20. The molecule has 3 saturated heterocycles. The van der Waals surface area contributed by atoms with E-state index >= 15 is 0 Å². The Labute approximate surface area is 599 Å². The van der Waals surface area contributed by atoms with Crippen LogP contribution in [0, 0.1) is 11.8 Å². The van der Waals surface area contributed by atoms with Crippen molar-refractivity contribution >= 4 is 58.7 Å². The lowest BCUT2D eigenvalue weighted by molar-refractivity contribution is -0.364. The first-order valence-corrected chi connectivity index (χ1v) is 31.8. The lowest BCUT2D eigenvalue weighted by atomic mass is 9.66. The number of ether oxygens (including phenoxy) is 10. The molecule has 3 fully saturated rings. The molecule has 566 valence electrons. The van der Waals surface area contributed by atoms with Crippen LogP contribution < -0.4 is 68.5 Å². The summed E-state index contributed by atoms with van der Waals surface area (Å²) < 4.78 is 66.6. The number of hydrogen-bond donors (Lipinski definition) is 6. The second-order valence-corrected chi connectivity index (χ2v) is 23.4. The number of aliphatic hydroxyl groups excluding tert-OH is 2. The zero-order valence-corrected chi connectivity index (χ0v) is 58.9. The van der Waals surface area contributed by atoms with Gasteiger partial charge >= 0.3 is 28.7 Å². The fourth-order valence-corrected chi connectivity index (χ4v) is 12.0. The molecule has 4 aliphatic heterocycles. The summed E-state index contributed by atoms with van der Waals surface area (Å²) in [6.45, 7) is 2.31. The summed E-state index contributed by atoms with van der Waals surface area (Å²) >= 11 is 0. The van der Waals surface area contributed by atoms with E-state index in [1.165, 1.54) is 102 Å². The van der Waals surface area contributed by atoms with E-state index in [1.807, 2.05) is 24.3 Å². The van der Waals surface area contributed by atoms with Gasteiger partial charge in [0.25, 0.3) is 17.7 Å². The minimum Gasteiger partial charge on any atom is -0.493 e. The van der Waals surface area contributed by atoms with Crippen LogP contribution in [0.1, 0.15) is 84.4 Å². The predicted molar refractivity (Wildman–Crippen MR) is 359 cm³/mol. The van der Waals surface area contributed by atoms with Gasteiger partial charge in [-0.25, -0.2) is 56.7 Å². The molecule has 107 heavy (non-hydrogen) atoms. The number of esters is 1. The van der Waals surface area contributed by atoms with Crippen molar-refractivity contribution in [1.82, 2.24) is 108 Å². The van der Waals surface area contributed by atoms with Crippen molar-refractivity contribution in [3.8, 4) is 28.7 Å². The Bertz CT molecular complexity index is 5340. The van der Waals surface area contributed by atoms with Gasteiger partial charge in [-0.05, 0) is 54.9 Å². The molecular weight excluding hydrogens is 1420 g/mol. The minimum atomic E-state index is -1.42. The normalized spacial score (nSPS) is 21.0. The number of nitrogens with two attached hydrogens (primary N) is 2. The standard InChI is InChI=1S/C30H34O13.C8H9N7O3.C8H11N7O2.C7H8N6O2.C7H8N6O/c1-12-37-10-21-28(41-12)24(31)25(32)30(42-21)43-26-15-8-18-17(39-11-40-18)7-14(15)22(23-16(26)9-38-29(23)33)13-5-19(34-2)27(36-4)20(6-13)35-3;1-10-7(17)6-11-3(4(9)16)5-12-13-14(2)8(18)15(5)6;1-10-3-4-11-5(6(9)16)7-12-13-14(2)8(17)15(4)7;1-12-7(14)13-4-8-5(3-9-15-2)6(13)10-11-12;1-8-3-5-6-10-11-12(2)7(14)13(6)4-9-5/h5-8,12,16,21-26,28,30-32H,9-11H2,1-4H3;1-2H3,(H2,9,16)(H,10,17);10H,3H2,1-2H3,(H2,9,16);3-4H,1-2H3;3-4H,1-2H3/b;;;9-3-;/t12?,16-,21?,22?,23-,24?,25?,26+,28?,30?;;;;/m0..../s1. The molecule has 2 aromatic carbocycles. The first-order valence-electron chi connectivity index (χ1n) is 31.8. The van der Waals surface area contributed by atoms with E-state index in [-0.39, 0.29) is 59.9 Å². The van der Waals surface area contributed by atoms with Gasteiger partial charge in [0, 0.05) is 54.1 Å². The van der Waals surface area contributed by atoms with Gasteiger partial charge in [0.05, 0.1) is 65.5 Å². The van der Waals surface area contributed by atoms with Gasteiger partial charge in [0.15, 0.2) is 69.6 Å². The Morgan fingerprint density at radius 3 is 1.76 bits per heavy atom. The van der Waals surface area contributed by atoms with Crippen LogP contribution in [0.2, 0.25) is 0 Å². The fourth-order valence-electron chi connectivity index (χ4n) is 12.0. The third-order valence-electron chi connectivity index (χ3n) is 17.0. The highest BCUT2D eigenvalue weighted by Gasteiger charge is 2.56. The van der Waals surface area contributed by atoms with Gasteiger partial charge in [-0.1, -0.05) is 26.0 Å². The van der Waals surface area contributed by atoms with E-state index in [0.717, 1.165) is 34.3 Å². The van der Waals surface area contributed by atoms with Gasteiger partial charge < -0.3 is 84.5 Å². The second-order valence-electron chi connectivity index (χ2n) is 23.4. The van der Waals surface area contributed by atoms with Gasteiger partial charge in [-0.15, -0.1) is 20.4 Å². The number of aliphatic imine (C=N–C) groups is 1. The van der Waals surface area contributed by atoms with Gasteiger partial charge in [0.1, 0.15) is 61.4 Å². The van der Waals surface area contributed by atoms with Crippen LogP contribution in [-0.2, 0) is 68.1 Å². The molecule has 0 spiro atoms. The molecule has 1 aliphatic carbocycles. The Hall–Kier alpha value is -12.7. The monoisotopic (exact) mass is 1490 g/mol. The third-order valence-corrected chi connectivity index (χ3v) is 17.0. The average Bonchev–Trinajstić information content (AvgIpc) is 1.70. The largest absolute Gasteiger partial charge is 0.493 e. The molecule has 10 atom stereocenters. The predicted octanol–water partition coefficient (Wildman–Crippen LogP) is -5.76. The summed E-state index contributed by atoms with van der Waals surface area (Å²) in [5, 5.41) is 60.1. The topological polar surface area (TPSA) is 571 Å². The summed E-state index contributed by atoms with van der Waals surface area (Å²) in [5.41, 5.74) is 12.1. The van der Waals surface area contributed by atoms with E-state index in [4.69, 9.17) is 58.8 Å². The van der Waals surface area contributed by atoms with E-state index in [2.05, 4.69) is 86.8 Å². The highest BCUT2D eigenvalue weighted by molar-refractivity contribution is 6.00. The maximum atomic E-state index is 13.5. The van der Waals surface area contributed by atoms with Crippen molar-refractivity contribution in [1.29, 1.82) is 0 Å². The van der Waals surface area contributed by atoms with Crippen molar-refractivity contribution in [2.75, 3.05) is 69.6 Å². The molecular formula is C60H70N26O21. The molecule has 47 heteroatoms. The smallest absolute Gasteiger partial charge is 0.353 e. The molecule has 8 aromatic heterocycles. The van der Waals surface area contributed by atoms with Crippen LogP contribution in [0.15, 0.2) is 66.2 Å². The Morgan fingerprint density at radius 1 is 0.673 bits per heavy atom. The number of carbonyl (C=O) groups is 4. The van der Waals surface area contributed by atoms with Crippen molar-refractivity contribution in [2.24, 2.45) is 61.6 Å².